The second-order valence-corrected chi connectivity index (χ2v) is 3.85. The summed E-state index contributed by atoms with van der Waals surface area (Å²) in [5, 5.41) is 8.74. The lowest BCUT2D eigenvalue weighted by Crippen LogP contribution is -1.97. The lowest BCUT2D eigenvalue weighted by atomic mass is 9.97. The van der Waals surface area contributed by atoms with Crippen molar-refractivity contribution in [3.05, 3.63) is 34.9 Å². The molecule has 0 unspecified atom stereocenters. The second kappa shape index (κ2) is 4.09. The van der Waals surface area contributed by atoms with Crippen molar-refractivity contribution >= 4 is 0 Å². The molecule has 0 saturated carbocycles. The first-order valence-electron chi connectivity index (χ1n) is 4.63. The van der Waals surface area contributed by atoms with Crippen LogP contribution in [-0.2, 0) is 6.42 Å². The van der Waals surface area contributed by atoms with Gasteiger partial charge in [0, 0.05) is 0 Å². The topological polar surface area (TPSA) is 23.8 Å². The largest absolute Gasteiger partial charge is 0.192 e. The van der Waals surface area contributed by atoms with Crippen molar-refractivity contribution in [1.82, 2.24) is 0 Å². The summed E-state index contributed by atoms with van der Waals surface area (Å²) in [6.07, 6.45) is 1.06. The van der Waals surface area contributed by atoms with Gasteiger partial charge in [0.15, 0.2) is 0 Å². The molecule has 0 radical (unpaired) electrons. The molecule has 1 rings (SSSR count). The predicted molar refractivity (Wildman–Crippen MR) is 54.4 cm³/mol. The zero-order valence-electron chi connectivity index (χ0n) is 8.46. The van der Waals surface area contributed by atoms with Crippen molar-refractivity contribution in [1.29, 1.82) is 5.26 Å². The Bertz CT molecular complexity index is 331. The van der Waals surface area contributed by atoms with Gasteiger partial charge in [-0.25, -0.2) is 0 Å². The molecule has 0 N–H and O–H groups in total. The Morgan fingerprint density at radius 1 is 1.38 bits per heavy atom. The summed E-state index contributed by atoms with van der Waals surface area (Å²) in [6.45, 7) is 6.48. The van der Waals surface area contributed by atoms with Crippen molar-refractivity contribution in [2.45, 2.75) is 27.2 Å². The van der Waals surface area contributed by atoms with E-state index < -0.39 is 0 Å². The van der Waals surface area contributed by atoms with Crippen LogP contribution in [0.15, 0.2) is 18.2 Å². The second-order valence-electron chi connectivity index (χ2n) is 3.85. The lowest BCUT2D eigenvalue weighted by molar-refractivity contribution is 0.645. The number of aryl methyl sites for hydroxylation is 1. The molecule has 1 nitrogen and oxygen atoms in total. The first-order valence-corrected chi connectivity index (χ1v) is 4.63. The van der Waals surface area contributed by atoms with Crippen molar-refractivity contribution < 1.29 is 0 Å². The lowest BCUT2D eigenvalue weighted by Gasteiger charge is -2.08. The number of hydrogen-bond donors (Lipinski definition) is 0. The Morgan fingerprint density at radius 2 is 2.08 bits per heavy atom. The van der Waals surface area contributed by atoms with Gasteiger partial charge < -0.3 is 0 Å². The van der Waals surface area contributed by atoms with Gasteiger partial charge in [-0.1, -0.05) is 19.9 Å². The summed E-state index contributed by atoms with van der Waals surface area (Å²) in [4.78, 5) is 0. The fourth-order valence-corrected chi connectivity index (χ4v) is 1.40. The van der Waals surface area contributed by atoms with Crippen molar-refractivity contribution in [2.75, 3.05) is 0 Å². The van der Waals surface area contributed by atoms with E-state index in [9.17, 15) is 0 Å². The van der Waals surface area contributed by atoms with Gasteiger partial charge in [-0.2, -0.15) is 5.26 Å². The van der Waals surface area contributed by atoms with Crippen molar-refractivity contribution in [3.63, 3.8) is 0 Å². The van der Waals surface area contributed by atoms with Crippen molar-refractivity contribution in [2.24, 2.45) is 5.92 Å². The summed E-state index contributed by atoms with van der Waals surface area (Å²) in [6, 6.07) is 8.06. The van der Waals surface area contributed by atoms with Gasteiger partial charge in [0.2, 0.25) is 0 Å². The van der Waals surface area contributed by atoms with Crippen LogP contribution in [0, 0.1) is 24.2 Å². The SMILES string of the molecule is Cc1ccc(C#N)cc1CC(C)C. The minimum atomic E-state index is 0.646. The van der Waals surface area contributed by atoms with Crippen LogP contribution in [-0.4, -0.2) is 0 Å². The number of nitriles is 1. The number of benzene rings is 1. The van der Waals surface area contributed by atoms with E-state index in [0.717, 1.165) is 12.0 Å². The maximum Gasteiger partial charge on any atom is 0.0991 e. The van der Waals surface area contributed by atoms with Crippen LogP contribution < -0.4 is 0 Å². The quantitative estimate of drug-likeness (QED) is 0.674. The van der Waals surface area contributed by atoms with Gasteiger partial charge in [0.05, 0.1) is 11.6 Å². The van der Waals surface area contributed by atoms with Gasteiger partial charge in [0.1, 0.15) is 0 Å². The molecule has 0 saturated heterocycles. The Labute approximate surface area is 80.0 Å². The van der Waals surface area contributed by atoms with Gasteiger partial charge in [-0.3, -0.25) is 0 Å². The van der Waals surface area contributed by atoms with Gasteiger partial charge in [-0.15, -0.1) is 0 Å². The van der Waals surface area contributed by atoms with Crippen LogP contribution in [0.1, 0.15) is 30.5 Å². The standard InChI is InChI=1S/C12H15N/c1-9(2)6-12-7-11(8-13)5-4-10(12)3/h4-5,7,9H,6H2,1-3H3. The highest BCUT2D eigenvalue weighted by Gasteiger charge is 2.02. The average Bonchev–Trinajstić information content (AvgIpc) is 2.08. The molecule has 0 aliphatic carbocycles. The molecule has 13 heavy (non-hydrogen) atoms. The molecule has 0 aliphatic rings. The third-order valence-electron chi connectivity index (χ3n) is 2.11. The number of hydrogen-bond acceptors (Lipinski definition) is 1. The van der Waals surface area contributed by atoms with E-state index in [-0.39, 0.29) is 0 Å². The van der Waals surface area contributed by atoms with Crippen LogP contribution in [0.3, 0.4) is 0 Å². The number of nitrogens with zero attached hydrogens (tertiary/aromatic N) is 1. The summed E-state index contributed by atoms with van der Waals surface area (Å²) in [5.41, 5.74) is 3.35. The van der Waals surface area contributed by atoms with E-state index in [1.54, 1.807) is 0 Å². The summed E-state index contributed by atoms with van der Waals surface area (Å²) >= 11 is 0. The smallest absolute Gasteiger partial charge is 0.0991 e. The molecular formula is C12H15N. The molecule has 68 valence electrons. The minimum absolute atomic E-state index is 0.646. The van der Waals surface area contributed by atoms with Crippen LogP contribution >= 0.6 is 0 Å². The highest BCUT2D eigenvalue weighted by Crippen LogP contribution is 2.14. The Kier molecular flexibility index (Phi) is 3.08. The molecule has 0 spiro atoms. The first-order chi connectivity index (χ1) is 6.13. The van der Waals surface area contributed by atoms with Crippen molar-refractivity contribution in [3.8, 4) is 6.07 Å². The third-order valence-corrected chi connectivity index (χ3v) is 2.11. The van der Waals surface area contributed by atoms with Crippen LogP contribution in [0.25, 0.3) is 0 Å². The molecule has 0 aromatic heterocycles. The highest BCUT2D eigenvalue weighted by molar-refractivity contribution is 5.37. The third kappa shape index (κ3) is 2.59. The molecule has 0 bridgehead atoms. The molecule has 1 aromatic rings. The fourth-order valence-electron chi connectivity index (χ4n) is 1.40. The van der Waals surface area contributed by atoms with Crippen LogP contribution in [0.5, 0.6) is 0 Å². The van der Waals surface area contributed by atoms with Gasteiger partial charge in [-0.05, 0) is 42.5 Å². The summed E-state index contributed by atoms with van der Waals surface area (Å²) in [7, 11) is 0. The molecule has 0 atom stereocenters. The van der Waals surface area contributed by atoms with E-state index in [0.29, 0.717) is 5.92 Å². The van der Waals surface area contributed by atoms with E-state index in [4.69, 9.17) is 5.26 Å². The Balaban J connectivity index is 2.99. The highest BCUT2D eigenvalue weighted by atomic mass is 14.2. The van der Waals surface area contributed by atoms with Crippen LogP contribution in [0.4, 0.5) is 0 Å². The average molecular weight is 173 g/mol. The monoisotopic (exact) mass is 173 g/mol. The fraction of sp³-hybridized carbons (Fsp3) is 0.417. The normalized spacial score (nSPS) is 10.1. The zero-order valence-corrected chi connectivity index (χ0v) is 8.46. The maximum absolute atomic E-state index is 8.74. The maximum atomic E-state index is 8.74. The Hall–Kier alpha value is -1.29. The van der Waals surface area contributed by atoms with Crippen LogP contribution in [0.2, 0.25) is 0 Å². The molecule has 0 amide bonds. The van der Waals surface area contributed by atoms with Gasteiger partial charge in [0.25, 0.3) is 0 Å². The summed E-state index contributed by atoms with van der Waals surface area (Å²) in [5.74, 6) is 0.646. The van der Waals surface area contributed by atoms with E-state index in [1.807, 2.05) is 18.2 Å². The van der Waals surface area contributed by atoms with E-state index in [1.165, 1.54) is 11.1 Å². The summed E-state index contributed by atoms with van der Waals surface area (Å²) < 4.78 is 0. The van der Waals surface area contributed by atoms with Gasteiger partial charge >= 0.3 is 0 Å². The molecular weight excluding hydrogens is 158 g/mol. The molecule has 1 heteroatoms. The zero-order chi connectivity index (χ0) is 9.84. The molecule has 0 fully saturated rings. The predicted octanol–water partition coefficient (Wildman–Crippen LogP) is 3.07. The minimum Gasteiger partial charge on any atom is -0.192 e. The molecule has 0 heterocycles. The Morgan fingerprint density at radius 3 is 2.62 bits per heavy atom. The van der Waals surface area contributed by atoms with E-state index >= 15 is 0 Å². The van der Waals surface area contributed by atoms with E-state index in [2.05, 4.69) is 26.8 Å². The molecule has 1 aromatic carbocycles. The number of rotatable bonds is 2. The first kappa shape index (κ1) is 9.80. The molecule has 0 aliphatic heterocycles.